The van der Waals surface area contributed by atoms with Crippen molar-refractivity contribution in [3.63, 3.8) is 0 Å². The Balaban J connectivity index is 2.11. The Hall–Kier alpha value is -2.73. The smallest absolute Gasteiger partial charge is 0.338 e. The van der Waals surface area contributed by atoms with Crippen LogP contribution in [0.2, 0.25) is 0 Å². The molecule has 0 unspecified atom stereocenters. The van der Waals surface area contributed by atoms with Crippen LogP contribution < -0.4 is 14.2 Å². The lowest BCUT2D eigenvalue weighted by Gasteiger charge is -2.17. The minimum atomic E-state index is -0.305. The van der Waals surface area contributed by atoms with Gasteiger partial charge in [-0.15, -0.1) is 0 Å². The van der Waals surface area contributed by atoms with Crippen molar-refractivity contribution in [2.75, 3.05) is 27.4 Å². The molecule has 2 aromatic rings. The molecule has 0 aromatic heterocycles. The van der Waals surface area contributed by atoms with Crippen LogP contribution in [0.25, 0.3) is 11.1 Å². The van der Waals surface area contributed by atoms with Crippen molar-refractivity contribution >= 4 is 5.97 Å². The first-order valence-corrected chi connectivity index (χ1v) is 7.48. The standard InChI is InChI=1S/C18H18O6/c1-21-15-6-5-13(16(17(15)22-2)23-8-7-19)11-3-4-14-12(9-11)10-24-18(14)20/h3-6,9,19H,7-8,10H2,1-2H3. The normalized spacial score (nSPS) is 12.5. The van der Waals surface area contributed by atoms with E-state index in [1.54, 1.807) is 19.2 Å². The van der Waals surface area contributed by atoms with E-state index in [2.05, 4.69) is 0 Å². The van der Waals surface area contributed by atoms with E-state index in [9.17, 15) is 4.79 Å². The number of rotatable bonds is 6. The summed E-state index contributed by atoms with van der Waals surface area (Å²) in [5.74, 6) is 1.17. The predicted molar refractivity (Wildman–Crippen MR) is 86.7 cm³/mol. The molecule has 0 amide bonds. The molecule has 6 heteroatoms. The number of hydrogen-bond acceptors (Lipinski definition) is 6. The second kappa shape index (κ2) is 6.80. The van der Waals surface area contributed by atoms with Crippen LogP contribution in [0.1, 0.15) is 15.9 Å². The van der Waals surface area contributed by atoms with Crippen molar-refractivity contribution < 1.29 is 28.8 Å². The number of ether oxygens (including phenoxy) is 4. The maximum Gasteiger partial charge on any atom is 0.338 e. The molecule has 3 rings (SSSR count). The molecule has 1 heterocycles. The number of cyclic esters (lactones) is 1. The topological polar surface area (TPSA) is 74.2 Å². The lowest BCUT2D eigenvalue weighted by Crippen LogP contribution is -2.05. The molecule has 1 aliphatic rings. The fraction of sp³-hybridized carbons (Fsp3) is 0.278. The van der Waals surface area contributed by atoms with E-state index < -0.39 is 0 Å². The van der Waals surface area contributed by atoms with Crippen molar-refractivity contribution in [1.29, 1.82) is 0 Å². The molecule has 0 fully saturated rings. The highest BCUT2D eigenvalue weighted by molar-refractivity contribution is 5.94. The van der Waals surface area contributed by atoms with Crippen LogP contribution in [0.3, 0.4) is 0 Å². The van der Waals surface area contributed by atoms with Gasteiger partial charge in [0.15, 0.2) is 11.5 Å². The second-order valence-corrected chi connectivity index (χ2v) is 5.20. The van der Waals surface area contributed by atoms with E-state index in [0.29, 0.717) is 22.8 Å². The molecule has 1 N–H and O–H groups in total. The van der Waals surface area contributed by atoms with E-state index >= 15 is 0 Å². The second-order valence-electron chi connectivity index (χ2n) is 5.20. The molecule has 0 saturated carbocycles. The quantitative estimate of drug-likeness (QED) is 0.820. The Morgan fingerprint density at radius 2 is 1.88 bits per heavy atom. The van der Waals surface area contributed by atoms with Crippen molar-refractivity contribution in [3.05, 3.63) is 41.5 Å². The van der Waals surface area contributed by atoms with Crippen LogP contribution in [0.15, 0.2) is 30.3 Å². The van der Waals surface area contributed by atoms with E-state index in [0.717, 1.165) is 16.7 Å². The third-order valence-electron chi connectivity index (χ3n) is 3.83. The molecule has 1 aliphatic heterocycles. The first-order valence-electron chi connectivity index (χ1n) is 7.48. The summed E-state index contributed by atoms with van der Waals surface area (Å²) >= 11 is 0. The zero-order valence-electron chi connectivity index (χ0n) is 13.5. The van der Waals surface area contributed by atoms with Crippen LogP contribution in [-0.4, -0.2) is 38.5 Å². The lowest BCUT2D eigenvalue weighted by atomic mass is 9.99. The number of hydrogen-bond donors (Lipinski definition) is 1. The van der Waals surface area contributed by atoms with E-state index in [4.69, 9.17) is 24.1 Å². The minimum Gasteiger partial charge on any atom is -0.493 e. The van der Waals surface area contributed by atoms with Gasteiger partial charge in [0.25, 0.3) is 0 Å². The summed E-state index contributed by atoms with van der Waals surface area (Å²) in [6.45, 7) is 0.275. The fourth-order valence-electron chi connectivity index (χ4n) is 2.72. The number of aliphatic hydroxyl groups is 1. The molecule has 24 heavy (non-hydrogen) atoms. The highest BCUT2D eigenvalue weighted by Crippen LogP contribution is 2.45. The Bertz CT molecular complexity index is 768. The van der Waals surface area contributed by atoms with Gasteiger partial charge in [-0.25, -0.2) is 4.79 Å². The van der Waals surface area contributed by atoms with Crippen LogP contribution in [0.5, 0.6) is 17.2 Å². The number of aliphatic hydroxyl groups excluding tert-OH is 1. The average molecular weight is 330 g/mol. The van der Waals surface area contributed by atoms with Gasteiger partial charge in [0.2, 0.25) is 5.75 Å². The van der Waals surface area contributed by atoms with Gasteiger partial charge in [0.05, 0.1) is 26.4 Å². The maximum absolute atomic E-state index is 11.6. The van der Waals surface area contributed by atoms with E-state index in [1.165, 1.54) is 7.11 Å². The molecule has 0 atom stereocenters. The minimum absolute atomic E-state index is 0.119. The summed E-state index contributed by atoms with van der Waals surface area (Å²) in [4.78, 5) is 11.6. The van der Waals surface area contributed by atoms with Gasteiger partial charge < -0.3 is 24.1 Å². The largest absolute Gasteiger partial charge is 0.493 e. The van der Waals surface area contributed by atoms with Crippen LogP contribution in [0, 0.1) is 0 Å². The Labute approximate surface area is 139 Å². The fourth-order valence-corrected chi connectivity index (χ4v) is 2.72. The molecule has 0 aliphatic carbocycles. The Morgan fingerprint density at radius 1 is 1.08 bits per heavy atom. The number of fused-ring (bicyclic) bond motifs is 1. The first kappa shape index (κ1) is 16.1. The molecule has 0 radical (unpaired) electrons. The summed E-state index contributed by atoms with van der Waals surface area (Å²) in [7, 11) is 3.08. The van der Waals surface area contributed by atoms with Gasteiger partial charge >= 0.3 is 5.97 Å². The van der Waals surface area contributed by atoms with E-state index in [-0.39, 0.29) is 25.8 Å². The molecule has 0 spiro atoms. The predicted octanol–water partition coefficient (Wildman–Crippen LogP) is 2.41. The molecular weight excluding hydrogens is 312 g/mol. The number of carbonyl (C=O) groups excluding carboxylic acids is 1. The van der Waals surface area contributed by atoms with Gasteiger partial charge in [-0.2, -0.15) is 0 Å². The Morgan fingerprint density at radius 3 is 2.58 bits per heavy atom. The van der Waals surface area contributed by atoms with Gasteiger partial charge in [-0.1, -0.05) is 6.07 Å². The third kappa shape index (κ3) is 2.76. The summed E-state index contributed by atoms with van der Waals surface area (Å²) < 4.78 is 21.5. The van der Waals surface area contributed by atoms with Crippen molar-refractivity contribution in [2.24, 2.45) is 0 Å². The van der Waals surface area contributed by atoms with Gasteiger partial charge in [-0.05, 0) is 29.8 Å². The van der Waals surface area contributed by atoms with Crippen LogP contribution in [-0.2, 0) is 11.3 Å². The van der Waals surface area contributed by atoms with Crippen LogP contribution in [0.4, 0.5) is 0 Å². The van der Waals surface area contributed by atoms with Gasteiger partial charge in [0, 0.05) is 11.1 Å². The molecule has 6 nitrogen and oxygen atoms in total. The van der Waals surface area contributed by atoms with Gasteiger partial charge in [-0.3, -0.25) is 0 Å². The molecule has 2 aromatic carbocycles. The molecule has 0 bridgehead atoms. The summed E-state index contributed by atoms with van der Waals surface area (Å²) in [5, 5.41) is 9.08. The average Bonchev–Trinajstić information content (AvgIpc) is 2.99. The highest BCUT2D eigenvalue weighted by atomic mass is 16.5. The van der Waals surface area contributed by atoms with Crippen molar-refractivity contribution in [3.8, 4) is 28.4 Å². The SMILES string of the molecule is COc1ccc(-c2ccc3c(c2)COC3=O)c(OCCO)c1OC. The van der Waals surface area contributed by atoms with Gasteiger partial charge in [0.1, 0.15) is 13.2 Å². The first-order chi connectivity index (χ1) is 11.7. The van der Waals surface area contributed by atoms with Crippen LogP contribution >= 0.6 is 0 Å². The monoisotopic (exact) mass is 330 g/mol. The summed E-state index contributed by atoms with van der Waals surface area (Å²) in [6, 6.07) is 9.11. The molecular formula is C18H18O6. The number of carbonyl (C=O) groups is 1. The third-order valence-corrected chi connectivity index (χ3v) is 3.83. The van der Waals surface area contributed by atoms with Crippen molar-refractivity contribution in [2.45, 2.75) is 6.61 Å². The summed E-state index contributed by atoms with van der Waals surface area (Å²) in [5.41, 5.74) is 3.06. The lowest BCUT2D eigenvalue weighted by molar-refractivity contribution is 0.0535. The number of benzene rings is 2. The van der Waals surface area contributed by atoms with Crippen molar-refractivity contribution in [1.82, 2.24) is 0 Å². The maximum atomic E-state index is 11.6. The molecule has 0 saturated heterocycles. The van der Waals surface area contributed by atoms with E-state index in [1.807, 2.05) is 18.2 Å². The zero-order chi connectivity index (χ0) is 17.1. The zero-order valence-corrected chi connectivity index (χ0v) is 13.5. The Kier molecular flexibility index (Phi) is 4.57. The summed E-state index contributed by atoms with van der Waals surface area (Å²) in [6.07, 6.45) is 0. The number of esters is 1. The molecule has 126 valence electrons. The highest BCUT2D eigenvalue weighted by Gasteiger charge is 2.23. The number of methoxy groups -OCH3 is 2.